The quantitative estimate of drug-likeness (QED) is 0.618. The number of ether oxygens (including phenoxy) is 1. The molecule has 0 N–H and O–H groups in total. The van der Waals surface area contributed by atoms with Gasteiger partial charge in [0.2, 0.25) is 0 Å². The van der Waals surface area contributed by atoms with E-state index in [9.17, 15) is 4.79 Å². The number of esters is 1. The minimum absolute atomic E-state index is 0.182. The van der Waals surface area contributed by atoms with Crippen molar-refractivity contribution < 1.29 is 18.8 Å². The van der Waals surface area contributed by atoms with Gasteiger partial charge in [0, 0.05) is 17.7 Å². The highest BCUT2D eigenvalue weighted by Crippen LogP contribution is 2.41. The number of aromatic nitrogens is 1. The highest BCUT2D eigenvalue weighted by molar-refractivity contribution is 6.48. The summed E-state index contributed by atoms with van der Waals surface area (Å²) in [6.45, 7) is 10.1. The molecular formula is C16H24BNO4. The molecule has 1 aromatic heterocycles. The number of nitrogens with zero attached hydrogens (tertiary/aromatic N) is 1. The number of carbonyl (C=O) groups is 1. The molecule has 2 heterocycles. The molecule has 0 bridgehead atoms. The maximum absolute atomic E-state index is 11.9. The SMILES string of the molecule is CCOC(=O)CC(B1OC(C)(C)C(C)(C)O1)c1ccccn1. The number of hydrogen-bond donors (Lipinski definition) is 0. The monoisotopic (exact) mass is 305 g/mol. The molecule has 1 aromatic rings. The lowest BCUT2D eigenvalue weighted by Crippen LogP contribution is -2.41. The molecule has 0 saturated carbocycles. The summed E-state index contributed by atoms with van der Waals surface area (Å²) in [5, 5.41) is 0. The van der Waals surface area contributed by atoms with Crippen molar-refractivity contribution in [2.45, 2.75) is 58.1 Å². The van der Waals surface area contributed by atoms with E-state index in [0.717, 1.165) is 5.69 Å². The summed E-state index contributed by atoms with van der Waals surface area (Å²) in [5.74, 6) is -0.561. The Labute approximate surface area is 132 Å². The summed E-state index contributed by atoms with van der Waals surface area (Å²) in [6.07, 6.45) is 1.89. The van der Waals surface area contributed by atoms with Crippen LogP contribution in [0.1, 0.15) is 52.6 Å². The van der Waals surface area contributed by atoms with E-state index in [1.54, 1.807) is 13.1 Å². The number of hydrogen-bond acceptors (Lipinski definition) is 5. The summed E-state index contributed by atoms with van der Waals surface area (Å²) >= 11 is 0. The highest BCUT2D eigenvalue weighted by atomic mass is 16.7. The van der Waals surface area contributed by atoms with E-state index >= 15 is 0 Å². The van der Waals surface area contributed by atoms with Crippen molar-refractivity contribution >= 4 is 13.1 Å². The second-order valence-corrected chi connectivity index (χ2v) is 6.49. The lowest BCUT2D eigenvalue weighted by atomic mass is 9.68. The molecule has 0 aromatic carbocycles. The van der Waals surface area contributed by atoms with Gasteiger partial charge in [0.1, 0.15) is 0 Å². The predicted octanol–water partition coefficient (Wildman–Crippen LogP) is 2.75. The van der Waals surface area contributed by atoms with E-state index in [2.05, 4.69) is 4.98 Å². The minimum atomic E-state index is -0.524. The Hall–Kier alpha value is -1.40. The molecule has 1 unspecified atom stereocenters. The van der Waals surface area contributed by atoms with Gasteiger partial charge in [-0.1, -0.05) is 6.07 Å². The molecule has 0 amide bonds. The molecule has 1 saturated heterocycles. The van der Waals surface area contributed by atoms with Crippen molar-refractivity contribution in [2.24, 2.45) is 0 Å². The lowest BCUT2D eigenvalue weighted by Gasteiger charge is -2.32. The van der Waals surface area contributed by atoms with Gasteiger partial charge in [0.15, 0.2) is 0 Å². The fraction of sp³-hybridized carbons (Fsp3) is 0.625. The smallest absolute Gasteiger partial charge is 0.466 e. The van der Waals surface area contributed by atoms with Crippen molar-refractivity contribution in [3.63, 3.8) is 0 Å². The van der Waals surface area contributed by atoms with E-state index < -0.39 is 18.3 Å². The fourth-order valence-electron chi connectivity index (χ4n) is 2.39. The summed E-state index contributed by atoms with van der Waals surface area (Å²) in [4.78, 5) is 16.3. The zero-order chi connectivity index (χ0) is 16.4. The molecule has 0 radical (unpaired) electrons. The van der Waals surface area contributed by atoms with Gasteiger partial charge >= 0.3 is 13.1 Å². The van der Waals surface area contributed by atoms with Crippen molar-refractivity contribution in [2.75, 3.05) is 6.61 Å². The van der Waals surface area contributed by atoms with Crippen LogP contribution >= 0.6 is 0 Å². The van der Waals surface area contributed by atoms with Crippen LogP contribution in [0.15, 0.2) is 24.4 Å². The second-order valence-electron chi connectivity index (χ2n) is 6.49. The molecule has 2 rings (SSSR count). The zero-order valence-corrected chi connectivity index (χ0v) is 14.0. The number of pyridine rings is 1. The summed E-state index contributed by atoms with van der Waals surface area (Å²) < 4.78 is 17.3. The number of rotatable bonds is 5. The topological polar surface area (TPSA) is 57.7 Å². The first-order chi connectivity index (χ1) is 10.3. The third-order valence-corrected chi connectivity index (χ3v) is 4.36. The molecule has 5 nitrogen and oxygen atoms in total. The van der Waals surface area contributed by atoms with Gasteiger partial charge in [-0.2, -0.15) is 0 Å². The van der Waals surface area contributed by atoms with Crippen LogP contribution in [-0.2, 0) is 18.8 Å². The first kappa shape index (κ1) is 17.0. The Morgan fingerprint density at radius 1 is 1.27 bits per heavy atom. The Morgan fingerprint density at radius 2 is 1.91 bits per heavy atom. The fourth-order valence-corrected chi connectivity index (χ4v) is 2.39. The van der Waals surface area contributed by atoms with Gasteiger partial charge in [0.05, 0.1) is 24.2 Å². The van der Waals surface area contributed by atoms with Crippen LogP contribution in [0.25, 0.3) is 0 Å². The van der Waals surface area contributed by atoms with Crippen molar-refractivity contribution in [1.82, 2.24) is 4.98 Å². The Morgan fingerprint density at radius 3 is 2.41 bits per heavy atom. The third kappa shape index (κ3) is 3.50. The van der Waals surface area contributed by atoms with E-state index in [0.29, 0.717) is 6.61 Å². The maximum Gasteiger partial charge on any atom is 0.468 e. The van der Waals surface area contributed by atoms with Gasteiger partial charge in [0.25, 0.3) is 0 Å². The van der Waals surface area contributed by atoms with Crippen molar-refractivity contribution in [3.8, 4) is 0 Å². The average Bonchev–Trinajstić information content (AvgIpc) is 2.66. The molecule has 22 heavy (non-hydrogen) atoms. The van der Waals surface area contributed by atoms with Crippen LogP contribution in [0.5, 0.6) is 0 Å². The van der Waals surface area contributed by atoms with Crippen molar-refractivity contribution in [3.05, 3.63) is 30.1 Å². The van der Waals surface area contributed by atoms with Gasteiger partial charge in [-0.05, 0) is 46.8 Å². The summed E-state index contributed by atoms with van der Waals surface area (Å²) in [6, 6.07) is 5.62. The van der Waals surface area contributed by atoms with Gasteiger partial charge in [-0.3, -0.25) is 9.78 Å². The van der Waals surface area contributed by atoms with E-state index in [1.807, 2.05) is 45.9 Å². The average molecular weight is 305 g/mol. The zero-order valence-electron chi connectivity index (χ0n) is 14.0. The molecule has 1 atom stereocenters. The van der Waals surface area contributed by atoms with Crippen LogP contribution in [0.2, 0.25) is 0 Å². The first-order valence-corrected chi connectivity index (χ1v) is 7.69. The molecule has 0 spiro atoms. The third-order valence-electron chi connectivity index (χ3n) is 4.36. The molecule has 1 fully saturated rings. The largest absolute Gasteiger partial charge is 0.468 e. The highest BCUT2D eigenvalue weighted by Gasteiger charge is 2.54. The van der Waals surface area contributed by atoms with Crippen LogP contribution in [0, 0.1) is 0 Å². The van der Waals surface area contributed by atoms with Gasteiger partial charge in [-0.25, -0.2) is 0 Å². The molecule has 6 heteroatoms. The predicted molar refractivity (Wildman–Crippen MR) is 84.3 cm³/mol. The first-order valence-electron chi connectivity index (χ1n) is 7.69. The van der Waals surface area contributed by atoms with Gasteiger partial charge in [-0.15, -0.1) is 0 Å². The second kappa shape index (κ2) is 6.38. The normalized spacial score (nSPS) is 20.7. The van der Waals surface area contributed by atoms with Crippen LogP contribution in [0.4, 0.5) is 0 Å². The lowest BCUT2D eigenvalue weighted by molar-refractivity contribution is -0.143. The standard InChI is InChI=1S/C16H24BNO4/c1-6-20-14(19)11-12(13-9-7-8-10-18-13)17-21-15(2,3)16(4,5)22-17/h7-10,12H,6,11H2,1-5H3. The Kier molecular flexibility index (Phi) is 4.92. The molecule has 0 aliphatic carbocycles. The van der Waals surface area contributed by atoms with E-state index in [1.165, 1.54) is 0 Å². The van der Waals surface area contributed by atoms with Crippen LogP contribution in [0.3, 0.4) is 0 Å². The molecule has 120 valence electrons. The van der Waals surface area contributed by atoms with Crippen LogP contribution in [-0.4, -0.2) is 35.9 Å². The van der Waals surface area contributed by atoms with Gasteiger partial charge < -0.3 is 14.0 Å². The van der Waals surface area contributed by atoms with E-state index in [4.69, 9.17) is 14.0 Å². The molecule has 1 aliphatic rings. The van der Waals surface area contributed by atoms with Crippen LogP contribution < -0.4 is 0 Å². The Balaban J connectivity index is 2.24. The molecular weight excluding hydrogens is 281 g/mol. The van der Waals surface area contributed by atoms with E-state index in [-0.39, 0.29) is 18.2 Å². The summed E-state index contributed by atoms with van der Waals surface area (Å²) in [7, 11) is -0.524. The van der Waals surface area contributed by atoms with Crippen molar-refractivity contribution in [1.29, 1.82) is 0 Å². The number of carbonyl (C=O) groups excluding carboxylic acids is 1. The molecule has 1 aliphatic heterocycles. The summed E-state index contributed by atoms with van der Waals surface area (Å²) in [5.41, 5.74) is -0.118. The Bertz CT molecular complexity index is 502. The minimum Gasteiger partial charge on any atom is -0.466 e. The maximum atomic E-state index is 11.9.